The first kappa shape index (κ1) is 27.0. The van der Waals surface area contributed by atoms with E-state index in [9.17, 15) is 4.79 Å². The molecule has 0 aliphatic carbocycles. The molecule has 1 spiro atoms. The summed E-state index contributed by atoms with van der Waals surface area (Å²) < 4.78 is 16.8. The first-order chi connectivity index (χ1) is 18.5. The molecule has 2 aromatic heterocycles. The van der Waals surface area contributed by atoms with Crippen LogP contribution in [0.1, 0.15) is 27.2 Å². The lowest BCUT2D eigenvalue weighted by Crippen LogP contribution is -2.44. The molecule has 0 bridgehead atoms. The zero-order valence-corrected chi connectivity index (χ0v) is 23.9. The Morgan fingerprint density at radius 1 is 1.10 bits per heavy atom. The molecule has 208 valence electrons. The van der Waals surface area contributed by atoms with Crippen molar-refractivity contribution in [3.63, 3.8) is 0 Å². The van der Waals surface area contributed by atoms with E-state index in [1.807, 2.05) is 47.0 Å². The molecule has 0 unspecified atom stereocenters. The molecule has 2 aliphatic rings. The SMILES string of the molecule is CN(CCOc1ccc(-c2cc(N3CCC4(COC4)C3)c3ccc(N(C)C)cc3n2)nc1)C(=O)OC(C)(C)C. The Morgan fingerprint density at radius 2 is 1.90 bits per heavy atom. The van der Waals surface area contributed by atoms with Gasteiger partial charge in [0.25, 0.3) is 0 Å². The molecule has 3 aromatic rings. The van der Waals surface area contributed by atoms with Gasteiger partial charge in [0.1, 0.15) is 18.0 Å². The molecular weight excluding hydrogens is 494 g/mol. The van der Waals surface area contributed by atoms with Crippen LogP contribution in [0, 0.1) is 5.41 Å². The Balaban J connectivity index is 1.33. The Kier molecular flexibility index (Phi) is 7.29. The highest BCUT2D eigenvalue weighted by atomic mass is 16.6. The van der Waals surface area contributed by atoms with Crippen LogP contribution in [0.25, 0.3) is 22.3 Å². The van der Waals surface area contributed by atoms with Crippen LogP contribution >= 0.6 is 0 Å². The maximum absolute atomic E-state index is 12.1. The van der Waals surface area contributed by atoms with Crippen molar-refractivity contribution in [2.24, 2.45) is 5.41 Å². The van der Waals surface area contributed by atoms with Gasteiger partial charge in [-0.3, -0.25) is 4.98 Å². The molecule has 2 aliphatic heterocycles. The number of ether oxygens (including phenoxy) is 3. The van der Waals surface area contributed by atoms with Gasteiger partial charge in [-0.15, -0.1) is 0 Å². The fraction of sp³-hybridized carbons (Fsp3) is 0.500. The van der Waals surface area contributed by atoms with E-state index in [0.717, 1.165) is 60.7 Å². The van der Waals surface area contributed by atoms with Gasteiger partial charge in [-0.05, 0) is 63.6 Å². The Hall–Kier alpha value is -3.59. The minimum Gasteiger partial charge on any atom is -0.490 e. The maximum Gasteiger partial charge on any atom is 0.410 e. The summed E-state index contributed by atoms with van der Waals surface area (Å²) in [5.41, 5.74) is 4.62. The molecule has 2 saturated heterocycles. The maximum atomic E-state index is 12.1. The summed E-state index contributed by atoms with van der Waals surface area (Å²) in [5, 5.41) is 1.15. The van der Waals surface area contributed by atoms with Gasteiger partial charge in [0, 0.05) is 56.4 Å². The number of nitrogens with zero attached hydrogens (tertiary/aromatic N) is 5. The Morgan fingerprint density at radius 3 is 2.51 bits per heavy atom. The summed E-state index contributed by atoms with van der Waals surface area (Å²) in [6.07, 6.45) is 2.49. The minimum atomic E-state index is -0.529. The van der Waals surface area contributed by atoms with Crippen molar-refractivity contribution in [1.29, 1.82) is 0 Å². The fourth-order valence-corrected chi connectivity index (χ4v) is 4.99. The number of hydrogen-bond donors (Lipinski definition) is 0. The third-order valence-corrected chi connectivity index (χ3v) is 7.28. The summed E-state index contributed by atoms with van der Waals surface area (Å²) in [6.45, 7) is 9.99. The van der Waals surface area contributed by atoms with Gasteiger partial charge in [-0.2, -0.15) is 0 Å². The number of rotatable bonds is 7. The predicted molar refractivity (Wildman–Crippen MR) is 154 cm³/mol. The van der Waals surface area contributed by atoms with E-state index in [1.54, 1.807) is 13.2 Å². The number of benzene rings is 1. The quantitative estimate of drug-likeness (QED) is 0.427. The van der Waals surface area contributed by atoms with Crippen molar-refractivity contribution in [2.45, 2.75) is 32.8 Å². The summed E-state index contributed by atoms with van der Waals surface area (Å²) in [7, 11) is 5.78. The average Bonchev–Trinajstić information content (AvgIpc) is 3.33. The number of anilines is 2. The highest BCUT2D eigenvalue weighted by Crippen LogP contribution is 2.42. The van der Waals surface area contributed by atoms with Crippen LogP contribution in [0.2, 0.25) is 0 Å². The normalized spacial score (nSPS) is 16.3. The van der Waals surface area contributed by atoms with E-state index in [0.29, 0.717) is 18.9 Å². The van der Waals surface area contributed by atoms with Crippen molar-refractivity contribution in [3.05, 3.63) is 42.6 Å². The molecule has 1 aromatic carbocycles. The number of likely N-dealkylation sites (N-methyl/N-ethyl adjacent to an activating group) is 1. The van der Waals surface area contributed by atoms with E-state index < -0.39 is 5.60 Å². The molecule has 0 saturated carbocycles. The molecule has 0 N–H and O–H groups in total. The second-order valence-electron chi connectivity index (χ2n) is 11.9. The van der Waals surface area contributed by atoms with Gasteiger partial charge < -0.3 is 28.9 Å². The van der Waals surface area contributed by atoms with Gasteiger partial charge in [0.05, 0.1) is 42.9 Å². The topological polar surface area (TPSA) is 80.3 Å². The number of carbonyl (C=O) groups excluding carboxylic acids is 1. The molecule has 39 heavy (non-hydrogen) atoms. The van der Waals surface area contributed by atoms with E-state index in [1.165, 1.54) is 10.6 Å². The zero-order chi connectivity index (χ0) is 27.8. The largest absolute Gasteiger partial charge is 0.490 e. The number of aromatic nitrogens is 2. The lowest BCUT2D eigenvalue weighted by atomic mass is 9.85. The van der Waals surface area contributed by atoms with Crippen LogP contribution in [0.4, 0.5) is 16.2 Å². The van der Waals surface area contributed by atoms with Gasteiger partial charge in [0.2, 0.25) is 0 Å². The smallest absolute Gasteiger partial charge is 0.410 e. The molecule has 5 rings (SSSR count). The minimum absolute atomic E-state index is 0.286. The highest BCUT2D eigenvalue weighted by molar-refractivity contribution is 5.96. The summed E-state index contributed by atoms with van der Waals surface area (Å²) in [6, 6.07) is 12.5. The summed E-state index contributed by atoms with van der Waals surface area (Å²) >= 11 is 0. The van der Waals surface area contributed by atoms with Gasteiger partial charge >= 0.3 is 6.09 Å². The van der Waals surface area contributed by atoms with Crippen molar-refractivity contribution in [3.8, 4) is 17.1 Å². The molecule has 9 heteroatoms. The third-order valence-electron chi connectivity index (χ3n) is 7.28. The molecule has 4 heterocycles. The number of hydrogen-bond acceptors (Lipinski definition) is 8. The van der Waals surface area contributed by atoms with E-state index >= 15 is 0 Å². The fourth-order valence-electron chi connectivity index (χ4n) is 4.99. The first-order valence-corrected chi connectivity index (χ1v) is 13.5. The van der Waals surface area contributed by atoms with Crippen LogP contribution in [-0.2, 0) is 9.47 Å². The number of fused-ring (bicyclic) bond motifs is 1. The number of carbonyl (C=O) groups is 1. The zero-order valence-electron chi connectivity index (χ0n) is 23.9. The molecular formula is C30H39N5O4. The van der Waals surface area contributed by atoms with Crippen LogP contribution in [-0.4, -0.2) is 87.2 Å². The first-order valence-electron chi connectivity index (χ1n) is 13.5. The number of amides is 1. The van der Waals surface area contributed by atoms with Crippen LogP contribution in [0.3, 0.4) is 0 Å². The second kappa shape index (κ2) is 10.5. The second-order valence-corrected chi connectivity index (χ2v) is 11.9. The van der Waals surface area contributed by atoms with Crippen molar-refractivity contribution < 1.29 is 19.0 Å². The van der Waals surface area contributed by atoms with E-state index in [2.05, 4.69) is 39.0 Å². The highest BCUT2D eigenvalue weighted by Gasteiger charge is 2.44. The van der Waals surface area contributed by atoms with Gasteiger partial charge in [-0.1, -0.05) is 0 Å². The van der Waals surface area contributed by atoms with Crippen molar-refractivity contribution in [1.82, 2.24) is 14.9 Å². The van der Waals surface area contributed by atoms with E-state index in [4.69, 9.17) is 19.2 Å². The Bertz CT molecular complexity index is 1330. The third kappa shape index (κ3) is 6.03. The monoisotopic (exact) mass is 533 g/mol. The lowest BCUT2D eigenvalue weighted by Gasteiger charge is -2.38. The molecule has 1 amide bonds. The van der Waals surface area contributed by atoms with Crippen LogP contribution < -0.4 is 14.5 Å². The van der Waals surface area contributed by atoms with Crippen molar-refractivity contribution >= 4 is 28.4 Å². The Labute approximate surface area is 230 Å². The van der Waals surface area contributed by atoms with Crippen molar-refractivity contribution in [2.75, 3.05) is 70.4 Å². The predicted octanol–water partition coefficient (Wildman–Crippen LogP) is 4.84. The lowest BCUT2D eigenvalue weighted by molar-refractivity contribution is -0.0985. The van der Waals surface area contributed by atoms with E-state index in [-0.39, 0.29) is 11.5 Å². The molecule has 2 fully saturated rings. The molecule has 0 atom stereocenters. The molecule has 0 radical (unpaired) electrons. The number of pyridine rings is 2. The summed E-state index contributed by atoms with van der Waals surface area (Å²) in [5.74, 6) is 0.638. The standard InChI is InChI=1S/C30H39N5O4/c1-29(2,3)39-28(36)34(6)13-14-38-22-8-10-24(31-17-22)26-16-27(35-12-11-30(18-35)19-37-20-30)23-9-7-21(33(4)5)15-25(23)32-26/h7-10,15-17H,11-14,18-20H2,1-6H3. The van der Waals surface area contributed by atoms with Crippen LogP contribution in [0.5, 0.6) is 5.75 Å². The molecule has 9 nitrogen and oxygen atoms in total. The van der Waals surface area contributed by atoms with Gasteiger partial charge in [0.15, 0.2) is 0 Å². The summed E-state index contributed by atoms with van der Waals surface area (Å²) in [4.78, 5) is 27.9. The van der Waals surface area contributed by atoms with Crippen LogP contribution in [0.15, 0.2) is 42.6 Å². The van der Waals surface area contributed by atoms with Gasteiger partial charge in [-0.25, -0.2) is 9.78 Å². The average molecular weight is 534 g/mol.